The molecule has 6 heteroatoms. The highest BCUT2D eigenvalue weighted by Crippen LogP contribution is 2.25. The van der Waals surface area contributed by atoms with Crippen molar-refractivity contribution in [2.24, 2.45) is 0 Å². The second-order valence-corrected chi connectivity index (χ2v) is 8.41. The van der Waals surface area contributed by atoms with Gasteiger partial charge in [0.2, 0.25) is 0 Å². The fraction of sp³-hybridized carbons (Fsp3) is 0.250. The molecule has 3 aromatic carbocycles. The smallest absolute Gasteiger partial charge is 0.186 e. The van der Waals surface area contributed by atoms with Gasteiger partial charge in [0.25, 0.3) is 0 Å². The van der Waals surface area contributed by atoms with Crippen LogP contribution in [0.3, 0.4) is 0 Å². The highest BCUT2D eigenvalue weighted by atomic mass is 32.2. The summed E-state index contributed by atoms with van der Waals surface area (Å²) < 4.78 is 19.0. The average molecular weight is 427 g/mol. The van der Waals surface area contributed by atoms with E-state index in [0.717, 1.165) is 28.1 Å². The first-order valence-corrected chi connectivity index (χ1v) is 10.7. The maximum Gasteiger partial charge on any atom is 0.186 e. The summed E-state index contributed by atoms with van der Waals surface area (Å²) in [5.74, 6) is 0. The molecular formula is C24H30N2O3S. The van der Waals surface area contributed by atoms with E-state index in [2.05, 4.69) is 0 Å². The molecule has 0 bridgehead atoms. The molecule has 0 spiro atoms. The first-order chi connectivity index (χ1) is 14.2. The molecule has 0 aromatic heterocycles. The topological polar surface area (TPSA) is 64.0 Å². The van der Waals surface area contributed by atoms with Crippen LogP contribution >= 0.6 is 0 Å². The van der Waals surface area contributed by atoms with E-state index in [1.165, 1.54) is 0 Å². The molecule has 1 unspecified atom stereocenters. The lowest BCUT2D eigenvalue weighted by Crippen LogP contribution is -2.09. The van der Waals surface area contributed by atoms with Crippen LogP contribution in [0.15, 0.2) is 77.7 Å². The van der Waals surface area contributed by atoms with E-state index in [4.69, 9.17) is 4.55 Å². The van der Waals surface area contributed by atoms with Crippen molar-refractivity contribution >= 4 is 22.5 Å². The van der Waals surface area contributed by atoms with Gasteiger partial charge in [0, 0.05) is 39.6 Å². The standard InChI is InChI=1S/C17H22N2O.C7H8O2S/c1-18(2)15-9-5-13(6-10-15)17(20)14-7-11-16(12-8-14)19(3)4;1-6-2-4-7(5-3-6)10(8)9/h5-12,17,20H,1-4H3;2-5H,1H3,(H,8,9). The number of nitrogens with zero attached hydrogens (tertiary/aromatic N) is 2. The van der Waals surface area contributed by atoms with Crippen LogP contribution in [0.25, 0.3) is 0 Å². The number of hydrogen-bond donors (Lipinski definition) is 2. The van der Waals surface area contributed by atoms with E-state index in [0.29, 0.717) is 4.90 Å². The van der Waals surface area contributed by atoms with Gasteiger partial charge in [0.05, 0.1) is 4.90 Å². The van der Waals surface area contributed by atoms with E-state index >= 15 is 0 Å². The molecule has 0 saturated carbocycles. The molecule has 0 radical (unpaired) electrons. The molecule has 0 amide bonds. The molecule has 30 heavy (non-hydrogen) atoms. The van der Waals surface area contributed by atoms with Crippen molar-refractivity contribution in [3.05, 3.63) is 89.5 Å². The van der Waals surface area contributed by atoms with Gasteiger partial charge in [-0.3, -0.25) is 0 Å². The number of hydrogen-bond acceptors (Lipinski definition) is 4. The third-order valence-corrected chi connectivity index (χ3v) is 5.35. The van der Waals surface area contributed by atoms with E-state index < -0.39 is 17.2 Å². The number of benzene rings is 3. The van der Waals surface area contributed by atoms with E-state index in [1.54, 1.807) is 12.1 Å². The maximum atomic E-state index is 10.4. The minimum Gasteiger partial charge on any atom is -0.384 e. The van der Waals surface area contributed by atoms with Crippen molar-refractivity contribution in [2.45, 2.75) is 17.9 Å². The van der Waals surface area contributed by atoms with Crippen molar-refractivity contribution in [1.82, 2.24) is 0 Å². The Kier molecular flexibility index (Phi) is 8.59. The number of rotatable bonds is 5. The van der Waals surface area contributed by atoms with Gasteiger partial charge in [-0.1, -0.05) is 42.0 Å². The summed E-state index contributed by atoms with van der Waals surface area (Å²) in [5, 5.41) is 10.4. The van der Waals surface area contributed by atoms with Crippen LogP contribution in [0.2, 0.25) is 0 Å². The molecule has 3 rings (SSSR count). The third kappa shape index (κ3) is 6.69. The molecule has 0 saturated heterocycles. The molecule has 0 fully saturated rings. The Morgan fingerprint density at radius 2 is 1.07 bits per heavy atom. The van der Waals surface area contributed by atoms with E-state index in [1.807, 2.05) is 106 Å². The van der Waals surface area contributed by atoms with Crippen molar-refractivity contribution < 1.29 is 13.9 Å². The average Bonchev–Trinajstić information content (AvgIpc) is 2.74. The minimum absolute atomic E-state index is 0.450. The van der Waals surface area contributed by atoms with Crippen LogP contribution in [-0.4, -0.2) is 42.1 Å². The SMILES string of the molecule is CN(C)c1ccc(C(O)c2ccc(N(C)C)cc2)cc1.Cc1ccc(S(=O)O)cc1. The first-order valence-electron chi connectivity index (χ1n) is 9.59. The van der Waals surface area contributed by atoms with Gasteiger partial charge in [-0.05, 0) is 54.4 Å². The fourth-order valence-corrected chi connectivity index (χ4v) is 3.13. The number of aliphatic hydroxyl groups is 1. The van der Waals surface area contributed by atoms with E-state index in [9.17, 15) is 9.32 Å². The Balaban J connectivity index is 0.000000269. The van der Waals surface area contributed by atoms with Gasteiger partial charge in [-0.25, -0.2) is 4.21 Å². The Bertz CT molecular complexity index is 886. The van der Waals surface area contributed by atoms with Crippen LogP contribution in [0.1, 0.15) is 22.8 Å². The summed E-state index contributed by atoms with van der Waals surface area (Å²) >= 11 is -1.84. The normalized spacial score (nSPS) is 11.5. The quantitative estimate of drug-likeness (QED) is 0.589. The van der Waals surface area contributed by atoms with Gasteiger partial charge in [-0.15, -0.1) is 0 Å². The summed E-state index contributed by atoms with van der Waals surface area (Å²) in [6.07, 6.45) is -0.581. The molecule has 160 valence electrons. The summed E-state index contributed by atoms with van der Waals surface area (Å²) in [7, 11) is 8.02. The second kappa shape index (κ2) is 10.9. The number of anilines is 2. The van der Waals surface area contributed by atoms with Crippen molar-refractivity contribution in [3.8, 4) is 0 Å². The highest BCUT2D eigenvalue weighted by Gasteiger charge is 2.10. The minimum atomic E-state index is -1.84. The Hall–Kier alpha value is -2.67. The van der Waals surface area contributed by atoms with Crippen molar-refractivity contribution in [2.75, 3.05) is 38.0 Å². The highest BCUT2D eigenvalue weighted by molar-refractivity contribution is 7.79. The molecule has 1 atom stereocenters. The Labute approximate surface area is 181 Å². The summed E-state index contributed by atoms with van der Waals surface area (Å²) in [4.78, 5) is 4.54. The van der Waals surface area contributed by atoms with Gasteiger partial charge >= 0.3 is 0 Å². The zero-order chi connectivity index (χ0) is 22.3. The molecule has 3 aromatic rings. The Morgan fingerprint density at radius 3 is 1.37 bits per heavy atom. The largest absolute Gasteiger partial charge is 0.384 e. The van der Waals surface area contributed by atoms with Crippen LogP contribution in [0, 0.1) is 6.92 Å². The van der Waals surface area contributed by atoms with Gasteiger partial charge < -0.3 is 19.5 Å². The lowest BCUT2D eigenvalue weighted by atomic mass is 10.0. The molecule has 0 aliphatic carbocycles. The van der Waals surface area contributed by atoms with Crippen molar-refractivity contribution in [1.29, 1.82) is 0 Å². The van der Waals surface area contributed by atoms with Gasteiger partial charge in [0.1, 0.15) is 6.10 Å². The van der Waals surface area contributed by atoms with E-state index in [-0.39, 0.29) is 0 Å². The molecule has 2 N–H and O–H groups in total. The van der Waals surface area contributed by atoms with Crippen LogP contribution < -0.4 is 9.80 Å². The Morgan fingerprint density at radius 1 is 0.700 bits per heavy atom. The lowest BCUT2D eigenvalue weighted by Gasteiger charge is -2.17. The fourth-order valence-electron chi connectivity index (χ4n) is 2.76. The molecule has 0 aliphatic rings. The number of aliphatic hydroxyl groups excluding tert-OH is 1. The number of aryl methyl sites for hydroxylation is 1. The van der Waals surface area contributed by atoms with Gasteiger partial charge in [-0.2, -0.15) is 0 Å². The zero-order valence-corrected chi connectivity index (χ0v) is 18.9. The first kappa shape index (κ1) is 23.6. The summed E-state index contributed by atoms with van der Waals surface area (Å²) in [6.45, 7) is 1.93. The lowest BCUT2D eigenvalue weighted by molar-refractivity contribution is 0.220. The predicted octanol–water partition coefficient (Wildman–Crippen LogP) is 4.48. The third-order valence-electron chi connectivity index (χ3n) is 4.67. The molecular weight excluding hydrogens is 396 g/mol. The summed E-state index contributed by atoms with van der Waals surface area (Å²) in [5.41, 5.74) is 5.17. The predicted molar refractivity (Wildman–Crippen MR) is 126 cm³/mol. The molecule has 5 nitrogen and oxygen atoms in total. The van der Waals surface area contributed by atoms with Gasteiger partial charge in [0.15, 0.2) is 11.1 Å². The monoisotopic (exact) mass is 426 g/mol. The van der Waals surface area contributed by atoms with Crippen LogP contribution in [0.5, 0.6) is 0 Å². The zero-order valence-electron chi connectivity index (χ0n) is 18.1. The van der Waals surface area contributed by atoms with Crippen molar-refractivity contribution in [3.63, 3.8) is 0 Å². The summed E-state index contributed by atoms with van der Waals surface area (Å²) in [6, 6.07) is 22.9. The van der Waals surface area contributed by atoms with Crippen LogP contribution in [-0.2, 0) is 11.1 Å². The molecule has 0 heterocycles. The van der Waals surface area contributed by atoms with Crippen LogP contribution in [0.4, 0.5) is 11.4 Å². The second-order valence-electron chi connectivity index (χ2n) is 7.44. The molecule has 0 aliphatic heterocycles. The maximum absolute atomic E-state index is 10.4.